The molecule has 6 nitrogen and oxygen atoms in total. The van der Waals surface area contributed by atoms with Crippen LogP contribution in [-0.2, 0) is 28.5 Å². The summed E-state index contributed by atoms with van der Waals surface area (Å²) in [6.07, 6.45) is -15.8. The van der Waals surface area contributed by atoms with E-state index in [2.05, 4.69) is 9.47 Å². The van der Waals surface area contributed by atoms with Gasteiger partial charge in [-0.25, -0.2) is 9.59 Å². The number of fused-ring (bicyclic) bond motifs is 1. The Hall–Kier alpha value is -1.56. The molecule has 2 aliphatic heterocycles. The quantitative estimate of drug-likeness (QED) is 0.546. The summed E-state index contributed by atoms with van der Waals surface area (Å²) in [4.78, 5) is 21.4. The first kappa shape index (κ1) is 16.8. The van der Waals surface area contributed by atoms with Crippen LogP contribution in [0.25, 0.3) is 0 Å². The van der Waals surface area contributed by atoms with Gasteiger partial charge in [0.25, 0.3) is 0 Å². The summed E-state index contributed by atoms with van der Waals surface area (Å²) in [6.45, 7) is -1.03. The summed E-state index contributed by atoms with van der Waals surface area (Å²) in [5.74, 6) is -4.94. The van der Waals surface area contributed by atoms with E-state index in [1.165, 1.54) is 0 Å². The molecule has 0 aliphatic carbocycles. The number of hydrogen-bond donors (Lipinski definition) is 0. The highest BCUT2D eigenvalue weighted by molar-refractivity contribution is 5.76. The topological polar surface area (TPSA) is 71.1 Å². The number of carbonyl (C=O) groups excluding carboxylic acids is 2. The summed E-state index contributed by atoms with van der Waals surface area (Å²) in [7, 11) is 0. The maximum Gasteiger partial charge on any atom is 0.490 e. The molecule has 0 N–H and O–H groups in total. The van der Waals surface area contributed by atoms with Crippen LogP contribution in [0.15, 0.2) is 0 Å². The average molecular weight is 338 g/mol. The van der Waals surface area contributed by atoms with Gasteiger partial charge >= 0.3 is 24.3 Å². The van der Waals surface area contributed by atoms with Gasteiger partial charge in [0.15, 0.2) is 12.2 Å². The third kappa shape index (κ3) is 3.43. The molecule has 0 aromatic rings. The lowest BCUT2D eigenvalue weighted by Gasteiger charge is -2.18. The van der Waals surface area contributed by atoms with Crippen LogP contribution in [0.4, 0.5) is 26.3 Å². The van der Waals surface area contributed by atoms with E-state index in [4.69, 9.17) is 9.47 Å². The fourth-order valence-corrected chi connectivity index (χ4v) is 2.04. The SMILES string of the molecule is O=C(O[C@H]1CO[C@H]2[C@@H]1OC[C@@H]2OC(=O)C(F)(F)F)C(F)(F)F. The lowest BCUT2D eigenvalue weighted by atomic mass is 10.1. The number of rotatable bonds is 2. The summed E-state index contributed by atoms with van der Waals surface area (Å²) in [5, 5.41) is 0. The maximum atomic E-state index is 12.1. The van der Waals surface area contributed by atoms with Crippen LogP contribution < -0.4 is 0 Å². The first-order valence-corrected chi connectivity index (χ1v) is 5.79. The molecule has 2 aliphatic rings. The van der Waals surface area contributed by atoms with Crippen LogP contribution in [0.5, 0.6) is 0 Å². The van der Waals surface area contributed by atoms with E-state index < -0.39 is 61.9 Å². The van der Waals surface area contributed by atoms with Crippen LogP contribution >= 0.6 is 0 Å². The molecule has 0 radical (unpaired) electrons. The lowest BCUT2D eigenvalue weighted by molar-refractivity contribution is -0.209. The Morgan fingerprint density at radius 3 is 1.36 bits per heavy atom. The van der Waals surface area contributed by atoms with Crippen molar-refractivity contribution >= 4 is 11.9 Å². The Labute approximate surface area is 118 Å². The first-order valence-electron chi connectivity index (χ1n) is 5.79. The zero-order chi connectivity index (χ0) is 16.7. The normalized spacial score (nSPS) is 31.7. The van der Waals surface area contributed by atoms with Gasteiger partial charge in [0.1, 0.15) is 12.2 Å². The van der Waals surface area contributed by atoms with Crippen molar-refractivity contribution in [3.05, 3.63) is 0 Å². The monoisotopic (exact) mass is 338 g/mol. The minimum atomic E-state index is -5.22. The molecule has 2 fully saturated rings. The number of hydrogen-bond acceptors (Lipinski definition) is 6. The molecule has 0 spiro atoms. The fourth-order valence-electron chi connectivity index (χ4n) is 2.04. The Morgan fingerprint density at radius 2 is 1.09 bits per heavy atom. The van der Waals surface area contributed by atoms with E-state index >= 15 is 0 Å². The smallest absolute Gasteiger partial charge is 0.450 e. The number of esters is 2. The largest absolute Gasteiger partial charge is 0.490 e. The van der Waals surface area contributed by atoms with E-state index in [1.807, 2.05) is 0 Å². The molecule has 4 atom stereocenters. The number of halogens is 6. The van der Waals surface area contributed by atoms with Gasteiger partial charge in [0, 0.05) is 0 Å². The molecular weight excluding hydrogens is 330 g/mol. The molecule has 0 unspecified atom stereocenters. The summed E-state index contributed by atoms with van der Waals surface area (Å²) in [5.41, 5.74) is 0. The molecule has 2 heterocycles. The first-order chi connectivity index (χ1) is 10.00. The van der Waals surface area contributed by atoms with Gasteiger partial charge in [-0.2, -0.15) is 26.3 Å². The predicted octanol–water partition coefficient (Wildman–Crippen LogP) is 0.732. The lowest BCUT2D eigenvalue weighted by Crippen LogP contribution is -2.39. The number of ether oxygens (including phenoxy) is 4. The van der Waals surface area contributed by atoms with Gasteiger partial charge in [-0.3, -0.25) is 0 Å². The Kier molecular flexibility index (Phi) is 4.26. The molecule has 0 bridgehead atoms. The van der Waals surface area contributed by atoms with Crippen molar-refractivity contribution in [3.8, 4) is 0 Å². The van der Waals surface area contributed by atoms with Crippen molar-refractivity contribution in [2.24, 2.45) is 0 Å². The summed E-state index contributed by atoms with van der Waals surface area (Å²) >= 11 is 0. The third-order valence-corrected chi connectivity index (χ3v) is 2.94. The summed E-state index contributed by atoms with van der Waals surface area (Å²) in [6, 6.07) is 0. The maximum absolute atomic E-state index is 12.1. The molecule has 0 amide bonds. The highest BCUT2D eigenvalue weighted by Crippen LogP contribution is 2.33. The van der Waals surface area contributed by atoms with Crippen LogP contribution in [0.3, 0.4) is 0 Å². The fraction of sp³-hybridized carbons (Fsp3) is 0.800. The van der Waals surface area contributed by atoms with E-state index in [0.717, 1.165) is 0 Å². The molecule has 22 heavy (non-hydrogen) atoms. The summed E-state index contributed by atoms with van der Waals surface area (Å²) < 4.78 is 90.6. The third-order valence-electron chi connectivity index (χ3n) is 2.94. The zero-order valence-electron chi connectivity index (χ0n) is 10.4. The van der Waals surface area contributed by atoms with Gasteiger partial charge in [-0.1, -0.05) is 0 Å². The van der Waals surface area contributed by atoms with E-state index in [1.54, 1.807) is 0 Å². The van der Waals surface area contributed by atoms with Crippen molar-refractivity contribution in [2.75, 3.05) is 13.2 Å². The van der Waals surface area contributed by atoms with Crippen molar-refractivity contribution < 1.29 is 54.9 Å². The molecule has 0 aromatic carbocycles. The van der Waals surface area contributed by atoms with Gasteiger partial charge in [-0.05, 0) is 0 Å². The zero-order valence-corrected chi connectivity index (χ0v) is 10.4. The standard InChI is InChI=1S/C10H8F6O6/c11-9(12,13)7(17)21-3-1-19-6-4(2-20-5(3)6)22-8(18)10(14,15)16/h3-6H,1-2H2/t3-,4-,5+,6+/m0/s1. The van der Waals surface area contributed by atoms with Crippen LogP contribution in [-0.4, -0.2) is 61.9 Å². The van der Waals surface area contributed by atoms with E-state index in [-0.39, 0.29) is 0 Å². The number of alkyl halides is 6. The Balaban J connectivity index is 1.94. The molecule has 0 aromatic heterocycles. The van der Waals surface area contributed by atoms with E-state index in [9.17, 15) is 35.9 Å². The number of carbonyl (C=O) groups is 2. The predicted molar refractivity (Wildman–Crippen MR) is 51.4 cm³/mol. The van der Waals surface area contributed by atoms with Crippen molar-refractivity contribution in [3.63, 3.8) is 0 Å². The molecule has 2 rings (SSSR count). The van der Waals surface area contributed by atoms with Crippen molar-refractivity contribution in [1.29, 1.82) is 0 Å². The van der Waals surface area contributed by atoms with Crippen LogP contribution in [0.1, 0.15) is 0 Å². The average Bonchev–Trinajstić information content (AvgIpc) is 2.91. The van der Waals surface area contributed by atoms with E-state index in [0.29, 0.717) is 0 Å². The molecule has 126 valence electrons. The minimum absolute atomic E-state index is 0.517. The Bertz CT molecular complexity index is 418. The second kappa shape index (κ2) is 5.57. The van der Waals surface area contributed by atoms with Gasteiger partial charge in [0.2, 0.25) is 0 Å². The minimum Gasteiger partial charge on any atom is -0.450 e. The van der Waals surface area contributed by atoms with Gasteiger partial charge in [-0.15, -0.1) is 0 Å². The Morgan fingerprint density at radius 1 is 0.773 bits per heavy atom. The highest BCUT2D eigenvalue weighted by Gasteiger charge is 2.55. The molecule has 12 heteroatoms. The van der Waals surface area contributed by atoms with Crippen molar-refractivity contribution in [2.45, 2.75) is 36.8 Å². The van der Waals surface area contributed by atoms with Crippen molar-refractivity contribution in [1.82, 2.24) is 0 Å². The van der Waals surface area contributed by atoms with Gasteiger partial charge < -0.3 is 18.9 Å². The molecule has 0 saturated carbocycles. The van der Waals surface area contributed by atoms with Gasteiger partial charge in [0.05, 0.1) is 13.2 Å². The van der Waals surface area contributed by atoms with Crippen LogP contribution in [0.2, 0.25) is 0 Å². The highest BCUT2D eigenvalue weighted by atomic mass is 19.4. The second-order valence-electron chi connectivity index (χ2n) is 4.48. The van der Waals surface area contributed by atoms with Crippen LogP contribution in [0, 0.1) is 0 Å². The molecule has 2 saturated heterocycles. The second-order valence-corrected chi connectivity index (χ2v) is 4.48. The molecular formula is C10H8F6O6.